The Labute approximate surface area is 113 Å². The molecule has 0 aromatic heterocycles. The molecule has 0 saturated carbocycles. The van der Waals surface area contributed by atoms with Gasteiger partial charge in [-0.05, 0) is 37.4 Å². The van der Waals surface area contributed by atoms with Gasteiger partial charge in [0.15, 0.2) is 9.84 Å². The summed E-state index contributed by atoms with van der Waals surface area (Å²) in [6.45, 7) is 0. The van der Waals surface area contributed by atoms with Crippen molar-refractivity contribution < 1.29 is 8.42 Å². The van der Waals surface area contributed by atoms with Gasteiger partial charge in [0.1, 0.15) is 0 Å². The summed E-state index contributed by atoms with van der Waals surface area (Å²) in [5.74, 6) is 0.803. The summed E-state index contributed by atoms with van der Waals surface area (Å²) in [4.78, 5) is 0. The minimum atomic E-state index is -2.83. The lowest BCUT2D eigenvalue weighted by Crippen LogP contribution is -2.36. The maximum atomic E-state index is 11.5. The zero-order chi connectivity index (χ0) is 13.2. The second kappa shape index (κ2) is 5.59. The first-order valence-electron chi connectivity index (χ1n) is 6.13. The molecule has 0 amide bonds. The molecule has 1 fully saturated rings. The van der Waals surface area contributed by atoms with Gasteiger partial charge < -0.3 is 5.32 Å². The Balaban J connectivity index is 2.09. The monoisotopic (exact) mass is 287 g/mol. The van der Waals surface area contributed by atoms with Gasteiger partial charge in [-0.3, -0.25) is 0 Å². The van der Waals surface area contributed by atoms with Gasteiger partial charge >= 0.3 is 0 Å². The fraction of sp³-hybridized carbons (Fsp3) is 0.538. The van der Waals surface area contributed by atoms with Gasteiger partial charge in [-0.2, -0.15) is 0 Å². The molecule has 0 bridgehead atoms. The van der Waals surface area contributed by atoms with E-state index in [-0.39, 0.29) is 12.0 Å². The molecule has 1 N–H and O–H groups in total. The molecular weight excluding hydrogens is 270 g/mol. The molecule has 5 heteroatoms. The minimum absolute atomic E-state index is 0.169. The van der Waals surface area contributed by atoms with Crippen molar-refractivity contribution in [1.29, 1.82) is 0 Å². The summed E-state index contributed by atoms with van der Waals surface area (Å²) in [6, 6.07) is 7.90. The first-order chi connectivity index (χ1) is 8.52. The van der Waals surface area contributed by atoms with Crippen LogP contribution in [0.1, 0.15) is 12.0 Å². The zero-order valence-corrected chi connectivity index (χ0v) is 12.0. The summed E-state index contributed by atoms with van der Waals surface area (Å²) >= 11 is 6.14. The van der Waals surface area contributed by atoms with E-state index in [1.165, 1.54) is 0 Å². The van der Waals surface area contributed by atoms with Crippen LogP contribution in [0.2, 0.25) is 5.02 Å². The van der Waals surface area contributed by atoms with E-state index in [1.54, 1.807) is 0 Å². The molecular formula is C13H18ClNO2S. The van der Waals surface area contributed by atoms with Crippen LogP contribution in [0.3, 0.4) is 0 Å². The quantitative estimate of drug-likeness (QED) is 0.920. The zero-order valence-electron chi connectivity index (χ0n) is 10.4. The SMILES string of the molecule is CNC(Cc1ccccc1Cl)C1CCS(=O)(=O)C1. The lowest BCUT2D eigenvalue weighted by atomic mass is 9.93. The lowest BCUT2D eigenvalue weighted by Gasteiger charge is -2.22. The Morgan fingerprint density at radius 1 is 1.44 bits per heavy atom. The fourth-order valence-electron chi connectivity index (χ4n) is 2.55. The van der Waals surface area contributed by atoms with Gasteiger partial charge in [0.05, 0.1) is 11.5 Å². The molecule has 1 heterocycles. The second-order valence-electron chi connectivity index (χ2n) is 4.85. The molecule has 2 rings (SSSR count). The van der Waals surface area contributed by atoms with Gasteiger partial charge in [-0.15, -0.1) is 0 Å². The molecule has 0 aliphatic carbocycles. The van der Waals surface area contributed by atoms with Crippen LogP contribution < -0.4 is 5.32 Å². The number of likely N-dealkylation sites (N-methyl/N-ethyl adjacent to an activating group) is 1. The molecule has 0 spiro atoms. The topological polar surface area (TPSA) is 46.2 Å². The van der Waals surface area contributed by atoms with E-state index in [2.05, 4.69) is 5.32 Å². The van der Waals surface area contributed by atoms with Crippen LogP contribution in [-0.2, 0) is 16.3 Å². The molecule has 1 saturated heterocycles. The Morgan fingerprint density at radius 3 is 2.72 bits per heavy atom. The number of halogens is 1. The number of benzene rings is 1. The van der Waals surface area contributed by atoms with Gasteiger partial charge in [-0.25, -0.2) is 8.42 Å². The lowest BCUT2D eigenvalue weighted by molar-refractivity contribution is 0.403. The van der Waals surface area contributed by atoms with Gasteiger partial charge in [0.25, 0.3) is 0 Å². The van der Waals surface area contributed by atoms with E-state index in [0.29, 0.717) is 11.5 Å². The Bertz CT molecular complexity index is 515. The average Bonchev–Trinajstić information content (AvgIpc) is 2.68. The van der Waals surface area contributed by atoms with E-state index in [0.717, 1.165) is 23.4 Å². The number of sulfone groups is 1. The van der Waals surface area contributed by atoms with Gasteiger partial charge in [-0.1, -0.05) is 29.8 Å². The molecule has 1 aliphatic rings. The van der Waals surface area contributed by atoms with E-state index in [1.807, 2.05) is 31.3 Å². The first-order valence-corrected chi connectivity index (χ1v) is 8.33. The number of hydrogen-bond donors (Lipinski definition) is 1. The second-order valence-corrected chi connectivity index (χ2v) is 7.49. The Morgan fingerprint density at radius 2 is 2.17 bits per heavy atom. The van der Waals surface area contributed by atoms with Crippen LogP contribution in [0.25, 0.3) is 0 Å². The molecule has 1 aliphatic heterocycles. The maximum Gasteiger partial charge on any atom is 0.150 e. The van der Waals surface area contributed by atoms with Gasteiger partial charge in [0, 0.05) is 11.1 Å². The third-order valence-corrected chi connectivity index (χ3v) is 5.77. The maximum absolute atomic E-state index is 11.5. The molecule has 3 nitrogen and oxygen atoms in total. The first kappa shape index (κ1) is 13.8. The molecule has 1 aromatic rings. The Hall–Kier alpha value is -0.580. The summed E-state index contributed by atoms with van der Waals surface area (Å²) in [7, 11) is -0.945. The highest BCUT2D eigenvalue weighted by molar-refractivity contribution is 7.91. The highest BCUT2D eigenvalue weighted by atomic mass is 35.5. The van der Waals surface area contributed by atoms with Crippen molar-refractivity contribution in [2.24, 2.45) is 5.92 Å². The molecule has 2 unspecified atom stereocenters. The van der Waals surface area contributed by atoms with E-state index >= 15 is 0 Å². The van der Waals surface area contributed by atoms with E-state index < -0.39 is 9.84 Å². The normalized spacial score (nSPS) is 24.0. The number of hydrogen-bond acceptors (Lipinski definition) is 3. The number of nitrogens with one attached hydrogen (secondary N) is 1. The summed E-state index contributed by atoms with van der Waals surface area (Å²) < 4.78 is 23.1. The molecule has 0 radical (unpaired) electrons. The van der Waals surface area contributed by atoms with Crippen molar-refractivity contribution in [3.05, 3.63) is 34.9 Å². The molecule has 2 atom stereocenters. The van der Waals surface area contributed by atoms with Crippen LogP contribution in [-0.4, -0.2) is 33.0 Å². The largest absolute Gasteiger partial charge is 0.316 e. The average molecular weight is 288 g/mol. The Kier molecular flexibility index (Phi) is 4.30. The van der Waals surface area contributed by atoms with Crippen LogP contribution in [0.5, 0.6) is 0 Å². The highest BCUT2D eigenvalue weighted by Gasteiger charge is 2.33. The van der Waals surface area contributed by atoms with Crippen molar-refractivity contribution in [2.45, 2.75) is 18.9 Å². The van der Waals surface area contributed by atoms with Gasteiger partial charge in [0.2, 0.25) is 0 Å². The van der Waals surface area contributed by atoms with Crippen molar-refractivity contribution in [3.63, 3.8) is 0 Å². The van der Waals surface area contributed by atoms with Crippen molar-refractivity contribution in [1.82, 2.24) is 5.32 Å². The minimum Gasteiger partial charge on any atom is -0.316 e. The predicted molar refractivity (Wildman–Crippen MR) is 74.8 cm³/mol. The van der Waals surface area contributed by atoms with E-state index in [4.69, 9.17) is 11.6 Å². The van der Waals surface area contributed by atoms with Crippen molar-refractivity contribution in [2.75, 3.05) is 18.6 Å². The summed E-state index contributed by atoms with van der Waals surface area (Å²) in [6.07, 6.45) is 1.52. The van der Waals surface area contributed by atoms with Crippen LogP contribution in [0, 0.1) is 5.92 Å². The predicted octanol–water partition coefficient (Wildman–Crippen LogP) is 1.91. The molecule has 100 valence electrons. The number of rotatable bonds is 4. The smallest absolute Gasteiger partial charge is 0.150 e. The van der Waals surface area contributed by atoms with Crippen LogP contribution >= 0.6 is 11.6 Å². The molecule has 18 heavy (non-hydrogen) atoms. The fourth-order valence-corrected chi connectivity index (χ4v) is 4.64. The van der Waals surface area contributed by atoms with Crippen molar-refractivity contribution >= 4 is 21.4 Å². The third kappa shape index (κ3) is 3.25. The van der Waals surface area contributed by atoms with Crippen LogP contribution in [0.15, 0.2) is 24.3 Å². The van der Waals surface area contributed by atoms with E-state index in [9.17, 15) is 8.42 Å². The molecule has 1 aromatic carbocycles. The van der Waals surface area contributed by atoms with Crippen molar-refractivity contribution in [3.8, 4) is 0 Å². The van der Waals surface area contributed by atoms with Crippen LogP contribution in [0.4, 0.5) is 0 Å². The summed E-state index contributed by atoms with van der Waals surface area (Å²) in [5.41, 5.74) is 1.07. The highest BCUT2D eigenvalue weighted by Crippen LogP contribution is 2.25. The standard InChI is InChI=1S/C13H18ClNO2S/c1-15-13(11-6-7-18(16,17)9-11)8-10-4-2-3-5-12(10)14/h2-5,11,13,15H,6-9H2,1H3. The summed E-state index contributed by atoms with van der Waals surface area (Å²) in [5, 5.41) is 3.98. The third-order valence-electron chi connectivity index (χ3n) is 3.61.